The number of ether oxygens (including phenoxy) is 1. The molecule has 0 unspecified atom stereocenters. The SMILES string of the molecule is C.COc1ccc2c(c1)CN(C(=O)CCN1CCC(Cc3ccccc3)CC1)CCS2. The second-order valence-electron chi connectivity index (χ2n) is 8.36. The van der Waals surface area contributed by atoms with Gasteiger partial charge in [0.2, 0.25) is 5.91 Å². The molecule has 1 fully saturated rings. The number of nitrogens with zero attached hydrogens (tertiary/aromatic N) is 2. The molecule has 0 N–H and O–H groups in total. The lowest BCUT2D eigenvalue weighted by atomic mass is 9.90. The molecule has 0 bridgehead atoms. The van der Waals surface area contributed by atoms with Crippen LogP contribution in [0.25, 0.3) is 0 Å². The van der Waals surface area contributed by atoms with E-state index in [0.717, 1.165) is 43.6 Å². The first-order valence-electron chi connectivity index (χ1n) is 11.0. The average molecular weight is 441 g/mol. The van der Waals surface area contributed by atoms with Gasteiger partial charge in [0.05, 0.1) is 7.11 Å². The Morgan fingerprint density at radius 1 is 1.10 bits per heavy atom. The van der Waals surface area contributed by atoms with Crippen LogP contribution in [0.4, 0.5) is 0 Å². The van der Waals surface area contributed by atoms with E-state index in [-0.39, 0.29) is 13.3 Å². The van der Waals surface area contributed by atoms with Gasteiger partial charge < -0.3 is 14.5 Å². The molecule has 0 aliphatic carbocycles. The maximum Gasteiger partial charge on any atom is 0.224 e. The standard InChI is InChI=1S/C25H32N2O2S.CH4/c1-29-23-7-8-24-22(18-23)19-27(15-16-30-24)25(28)11-14-26-12-9-21(10-13-26)17-20-5-3-2-4-6-20;/h2-8,18,21H,9-17,19H2,1H3;1H4. The molecule has 0 radical (unpaired) electrons. The van der Waals surface area contributed by atoms with E-state index in [4.69, 9.17) is 4.74 Å². The summed E-state index contributed by atoms with van der Waals surface area (Å²) in [5.74, 6) is 2.86. The van der Waals surface area contributed by atoms with E-state index < -0.39 is 0 Å². The van der Waals surface area contributed by atoms with Crippen LogP contribution in [0.3, 0.4) is 0 Å². The molecule has 4 rings (SSSR count). The van der Waals surface area contributed by atoms with E-state index in [0.29, 0.717) is 13.0 Å². The Hall–Kier alpha value is -1.98. The maximum atomic E-state index is 12.9. The zero-order chi connectivity index (χ0) is 20.8. The van der Waals surface area contributed by atoms with Gasteiger partial charge in [0, 0.05) is 36.7 Å². The number of carbonyl (C=O) groups excluding carboxylic acids is 1. The Labute approximate surface area is 192 Å². The van der Waals surface area contributed by atoms with Crippen LogP contribution in [0.15, 0.2) is 53.4 Å². The summed E-state index contributed by atoms with van der Waals surface area (Å²) in [5, 5.41) is 0. The molecule has 5 heteroatoms. The van der Waals surface area contributed by atoms with Gasteiger partial charge in [0.1, 0.15) is 5.75 Å². The molecule has 2 aromatic rings. The number of likely N-dealkylation sites (tertiary alicyclic amines) is 1. The quantitative estimate of drug-likeness (QED) is 0.625. The molecule has 0 saturated carbocycles. The summed E-state index contributed by atoms with van der Waals surface area (Å²) < 4.78 is 5.37. The lowest BCUT2D eigenvalue weighted by molar-refractivity contribution is -0.132. The van der Waals surface area contributed by atoms with Gasteiger partial charge >= 0.3 is 0 Å². The number of benzene rings is 2. The number of piperidine rings is 1. The highest BCUT2D eigenvalue weighted by atomic mass is 32.2. The summed E-state index contributed by atoms with van der Waals surface area (Å²) in [5.41, 5.74) is 2.65. The topological polar surface area (TPSA) is 32.8 Å². The average Bonchev–Trinajstić information content (AvgIpc) is 3.01. The second-order valence-corrected chi connectivity index (χ2v) is 9.50. The van der Waals surface area contributed by atoms with E-state index in [9.17, 15) is 4.79 Å². The molecule has 0 aromatic heterocycles. The lowest BCUT2D eigenvalue weighted by Gasteiger charge is -2.32. The minimum atomic E-state index is 0. The number of methoxy groups -OCH3 is 1. The first kappa shape index (κ1) is 23.7. The molecule has 2 heterocycles. The van der Waals surface area contributed by atoms with Gasteiger partial charge in [-0.25, -0.2) is 0 Å². The zero-order valence-electron chi connectivity index (χ0n) is 17.9. The van der Waals surface area contributed by atoms with Crippen LogP contribution < -0.4 is 4.74 Å². The fourth-order valence-electron chi connectivity index (χ4n) is 4.48. The van der Waals surface area contributed by atoms with Crippen molar-refractivity contribution in [2.75, 3.05) is 39.0 Å². The van der Waals surface area contributed by atoms with Gasteiger partial charge in [-0.15, -0.1) is 11.8 Å². The van der Waals surface area contributed by atoms with Crippen LogP contribution in [0.2, 0.25) is 0 Å². The smallest absolute Gasteiger partial charge is 0.224 e. The number of hydrogen-bond donors (Lipinski definition) is 0. The third-order valence-electron chi connectivity index (χ3n) is 6.32. The van der Waals surface area contributed by atoms with Crippen LogP contribution in [0, 0.1) is 5.92 Å². The fourth-order valence-corrected chi connectivity index (χ4v) is 5.49. The number of rotatable bonds is 6. The first-order chi connectivity index (χ1) is 14.7. The minimum absolute atomic E-state index is 0. The normalized spacial score (nSPS) is 17.4. The third-order valence-corrected chi connectivity index (χ3v) is 7.41. The van der Waals surface area contributed by atoms with E-state index in [1.165, 1.54) is 35.3 Å². The van der Waals surface area contributed by atoms with Crippen molar-refractivity contribution in [1.29, 1.82) is 0 Å². The Morgan fingerprint density at radius 2 is 1.87 bits per heavy atom. The highest BCUT2D eigenvalue weighted by Crippen LogP contribution is 2.30. The molecule has 2 aliphatic heterocycles. The van der Waals surface area contributed by atoms with Crippen molar-refractivity contribution >= 4 is 17.7 Å². The van der Waals surface area contributed by atoms with Crippen molar-refractivity contribution in [1.82, 2.24) is 9.80 Å². The zero-order valence-corrected chi connectivity index (χ0v) is 18.7. The molecule has 1 amide bonds. The molecular weight excluding hydrogens is 404 g/mol. The van der Waals surface area contributed by atoms with Crippen molar-refractivity contribution in [3.63, 3.8) is 0 Å². The molecule has 168 valence electrons. The van der Waals surface area contributed by atoms with Crippen LogP contribution in [0.1, 0.15) is 37.8 Å². The highest BCUT2D eigenvalue weighted by molar-refractivity contribution is 7.99. The fraction of sp³-hybridized carbons (Fsp3) is 0.500. The molecule has 1 saturated heterocycles. The van der Waals surface area contributed by atoms with Gasteiger partial charge in [0.25, 0.3) is 0 Å². The summed E-state index contributed by atoms with van der Waals surface area (Å²) in [4.78, 5) is 18.7. The predicted octanol–water partition coefficient (Wildman–Crippen LogP) is 5.11. The number of hydrogen-bond acceptors (Lipinski definition) is 4. The summed E-state index contributed by atoms with van der Waals surface area (Å²) in [6, 6.07) is 17.0. The Bertz CT molecular complexity index is 835. The largest absolute Gasteiger partial charge is 0.497 e. The van der Waals surface area contributed by atoms with Crippen molar-refractivity contribution in [2.24, 2.45) is 5.92 Å². The summed E-state index contributed by atoms with van der Waals surface area (Å²) in [6.07, 6.45) is 4.27. The predicted molar refractivity (Wildman–Crippen MR) is 130 cm³/mol. The van der Waals surface area contributed by atoms with Crippen LogP contribution >= 0.6 is 11.8 Å². The van der Waals surface area contributed by atoms with Crippen LogP contribution in [-0.2, 0) is 17.8 Å². The molecule has 4 nitrogen and oxygen atoms in total. The summed E-state index contributed by atoms with van der Waals surface area (Å²) in [6.45, 7) is 4.62. The maximum absolute atomic E-state index is 12.9. The van der Waals surface area contributed by atoms with Gasteiger partial charge in [-0.05, 0) is 67.6 Å². The van der Waals surface area contributed by atoms with Crippen LogP contribution in [0.5, 0.6) is 5.75 Å². The number of thioether (sulfide) groups is 1. The van der Waals surface area contributed by atoms with E-state index in [1.54, 1.807) is 7.11 Å². The monoisotopic (exact) mass is 440 g/mol. The number of fused-ring (bicyclic) bond motifs is 1. The van der Waals surface area contributed by atoms with Gasteiger partial charge in [-0.1, -0.05) is 37.8 Å². The highest BCUT2D eigenvalue weighted by Gasteiger charge is 2.23. The van der Waals surface area contributed by atoms with Crippen molar-refractivity contribution in [3.05, 3.63) is 59.7 Å². The van der Waals surface area contributed by atoms with E-state index in [1.807, 2.05) is 22.7 Å². The molecule has 2 aromatic carbocycles. The molecule has 31 heavy (non-hydrogen) atoms. The van der Waals surface area contributed by atoms with Gasteiger partial charge in [0.15, 0.2) is 0 Å². The second kappa shape index (κ2) is 11.6. The van der Waals surface area contributed by atoms with E-state index >= 15 is 0 Å². The molecule has 0 atom stereocenters. The minimum Gasteiger partial charge on any atom is -0.497 e. The summed E-state index contributed by atoms with van der Waals surface area (Å²) in [7, 11) is 1.69. The third kappa shape index (κ3) is 6.50. The number of carbonyl (C=O) groups is 1. The van der Waals surface area contributed by atoms with Gasteiger partial charge in [-0.3, -0.25) is 4.79 Å². The van der Waals surface area contributed by atoms with Crippen LogP contribution in [-0.4, -0.2) is 54.7 Å². The Morgan fingerprint density at radius 3 is 2.61 bits per heavy atom. The Kier molecular flexibility index (Phi) is 8.85. The first-order valence-corrected chi connectivity index (χ1v) is 12.0. The van der Waals surface area contributed by atoms with Crippen molar-refractivity contribution in [3.8, 4) is 5.75 Å². The lowest BCUT2D eigenvalue weighted by Crippen LogP contribution is -2.38. The molecular formula is C26H36N2O2S. The Balaban J connectivity index is 0.00000272. The van der Waals surface area contributed by atoms with Gasteiger partial charge in [-0.2, -0.15) is 0 Å². The number of amides is 1. The molecule has 2 aliphatic rings. The van der Waals surface area contributed by atoms with Crippen molar-refractivity contribution in [2.45, 2.75) is 44.6 Å². The summed E-state index contributed by atoms with van der Waals surface area (Å²) >= 11 is 1.84. The van der Waals surface area contributed by atoms with E-state index in [2.05, 4.69) is 47.4 Å². The molecule has 0 spiro atoms. The van der Waals surface area contributed by atoms with Crippen molar-refractivity contribution < 1.29 is 9.53 Å².